The molecule has 2 heterocycles. The Hall–Kier alpha value is -2.21. The van der Waals surface area contributed by atoms with Crippen LogP contribution in [0, 0.1) is 0 Å². The van der Waals surface area contributed by atoms with Crippen molar-refractivity contribution in [2.24, 2.45) is 0 Å². The number of hydrogen-bond donors (Lipinski definition) is 0. The van der Waals surface area contributed by atoms with E-state index in [9.17, 15) is 4.79 Å². The molecule has 35 heavy (non-hydrogen) atoms. The van der Waals surface area contributed by atoms with E-state index in [1.807, 2.05) is 0 Å². The van der Waals surface area contributed by atoms with E-state index in [-0.39, 0.29) is 29.3 Å². The second-order valence-corrected chi connectivity index (χ2v) is 15.3. The van der Waals surface area contributed by atoms with Crippen molar-refractivity contribution >= 4 is 24.7 Å². The fourth-order valence-electron chi connectivity index (χ4n) is 5.66. The first-order valence-corrected chi connectivity index (χ1v) is 15.0. The number of cyclic esters (lactones) is 1. The smallest absolute Gasteiger partial charge is 0.306 e. The predicted molar refractivity (Wildman–Crippen MR) is 144 cm³/mol. The zero-order valence-corrected chi connectivity index (χ0v) is 22.5. The lowest BCUT2D eigenvalue weighted by molar-refractivity contribution is -0.141. The molecular weight excluding hydrogens is 452 g/mol. The summed E-state index contributed by atoms with van der Waals surface area (Å²) in [5, 5.41) is 2.62. The number of carbonyl (C=O) groups is 1. The van der Waals surface area contributed by atoms with Crippen molar-refractivity contribution < 1.29 is 18.7 Å². The summed E-state index contributed by atoms with van der Waals surface area (Å²) < 4.78 is 18.7. The number of rotatable bonds is 10. The van der Waals surface area contributed by atoms with Gasteiger partial charge in [0.25, 0.3) is 8.32 Å². The third kappa shape index (κ3) is 5.96. The van der Waals surface area contributed by atoms with Crippen molar-refractivity contribution in [1.29, 1.82) is 0 Å². The van der Waals surface area contributed by atoms with E-state index in [0.29, 0.717) is 13.0 Å². The van der Waals surface area contributed by atoms with Gasteiger partial charge in [-0.1, -0.05) is 88.0 Å². The van der Waals surface area contributed by atoms with Crippen LogP contribution in [0.3, 0.4) is 0 Å². The summed E-state index contributed by atoms with van der Waals surface area (Å²) in [6, 6.07) is 21.6. The van der Waals surface area contributed by atoms with E-state index in [1.165, 1.54) is 15.9 Å². The lowest BCUT2D eigenvalue weighted by Gasteiger charge is -2.43. The molecule has 0 saturated carbocycles. The minimum Gasteiger partial charge on any atom is -0.462 e. The highest BCUT2D eigenvalue weighted by molar-refractivity contribution is 6.99. The summed E-state index contributed by atoms with van der Waals surface area (Å²) in [7, 11) is -2.49. The molecule has 0 aromatic heterocycles. The second-order valence-electron chi connectivity index (χ2n) is 11.0. The molecule has 2 unspecified atom stereocenters. The van der Waals surface area contributed by atoms with Crippen LogP contribution < -0.4 is 10.4 Å². The van der Waals surface area contributed by atoms with Crippen molar-refractivity contribution in [1.82, 2.24) is 0 Å². The summed E-state index contributed by atoms with van der Waals surface area (Å²) >= 11 is 0. The third-order valence-corrected chi connectivity index (χ3v) is 12.5. The second kappa shape index (κ2) is 11.2. The van der Waals surface area contributed by atoms with Gasteiger partial charge < -0.3 is 13.9 Å². The number of ether oxygens (including phenoxy) is 2. The maximum absolute atomic E-state index is 11.3. The average Bonchev–Trinajstić information content (AvgIpc) is 3.42. The van der Waals surface area contributed by atoms with Gasteiger partial charge in [-0.05, 0) is 59.5 Å². The molecule has 0 radical (unpaired) electrons. The quantitative estimate of drug-likeness (QED) is 0.189. The highest BCUT2D eigenvalue weighted by Gasteiger charge is 2.50. The fourth-order valence-corrected chi connectivity index (χ4v) is 10.3. The van der Waals surface area contributed by atoms with Gasteiger partial charge in [-0.2, -0.15) is 0 Å². The van der Waals surface area contributed by atoms with E-state index < -0.39 is 8.32 Å². The van der Waals surface area contributed by atoms with Crippen molar-refractivity contribution in [3.8, 4) is 0 Å². The van der Waals surface area contributed by atoms with Gasteiger partial charge in [0.2, 0.25) is 0 Å². The number of esters is 1. The molecule has 0 spiro atoms. The molecule has 0 amide bonds. The van der Waals surface area contributed by atoms with E-state index in [4.69, 9.17) is 13.9 Å². The van der Waals surface area contributed by atoms with Crippen LogP contribution in [0.5, 0.6) is 0 Å². The van der Waals surface area contributed by atoms with Crippen LogP contribution in [0.25, 0.3) is 0 Å². The average molecular weight is 493 g/mol. The van der Waals surface area contributed by atoms with Gasteiger partial charge in [-0.25, -0.2) is 0 Å². The van der Waals surface area contributed by atoms with Crippen LogP contribution in [-0.4, -0.2) is 39.2 Å². The summed E-state index contributed by atoms with van der Waals surface area (Å²) in [6.07, 6.45) is 6.28. The lowest BCUT2D eigenvalue weighted by atomic mass is 10.0. The van der Waals surface area contributed by atoms with E-state index in [1.54, 1.807) is 0 Å². The molecular formula is C30H40O4Si. The van der Waals surface area contributed by atoms with Crippen molar-refractivity contribution in [2.75, 3.05) is 6.61 Å². The Balaban J connectivity index is 1.36. The molecule has 0 bridgehead atoms. The topological polar surface area (TPSA) is 44.8 Å². The number of carbonyl (C=O) groups excluding carboxylic acids is 1. The molecule has 4 rings (SSSR count). The minimum atomic E-state index is -2.49. The third-order valence-electron chi connectivity index (χ3n) is 7.43. The van der Waals surface area contributed by atoms with Gasteiger partial charge in [0, 0.05) is 13.0 Å². The predicted octanol–water partition coefficient (Wildman–Crippen LogP) is 5.54. The molecule has 0 N–H and O–H groups in total. The largest absolute Gasteiger partial charge is 0.462 e. The van der Waals surface area contributed by atoms with Crippen LogP contribution in [-0.2, 0) is 18.7 Å². The highest BCUT2D eigenvalue weighted by atomic mass is 28.4. The first-order valence-electron chi connectivity index (χ1n) is 13.1. The van der Waals surface area contributed by atoms with Crippen molar-refractivity contribution in [3.05, 3.63) is 72.8 Å². The summed E-state index contributed by atoms with van der Waals surface area (Å²) in [4.78, 5) is 11.3. The molecule has 0 aliphatic carbocycles. The first kappa shape index (κ1) is 25.9. The zero-order valence-electron chi connectivity index (χ0n) is 21.5. The minimum absolute atomic E-state index is 0.0113. The molecule has 2 aliphatic rings. The molecule has 4 nitrogen and oxygen atoms in total. The molecule has 2 aliphatic heterocycles. The van der Waals surface area contributed by atoms with Gasteiger partial charge in [0.1, 0.15) is 6.10 Å². The summed E-state index contributed by atoms with van der Waals surface area (Å²) in [6.45, 7) is 11.9. The SMILES string of the molecule is C=C1C[C@H](CCCO[Si](c2ccccc2)(c2ccccc2)C(C)(C)C)OC1CCC1CCC(=O)O1. The molecule has 3 atom stereocenters. The molecule has 2 fully saturated rings. The number of benzene rings is 2. The molecule has 2 saturated heterocycles. The Morgan fingerprint density at radius 2 is 1.57 bits per heavy atom. The summed E-state index contributed by atoms with van der Waals surface area (Å²) in [5.74, 6) is -0.0695. The van der Waals surface area contributed by atoms with E-state index in [2.05, 4.69) is 88.0 Å². The molecule has 2 aromatic carbocycles. The van der Waals surface area contributed by atoms with Gasteiger partial charge in [0.15, 0.2) is 0 Å². The first-order chi connectivity index (χ1) is 16.8. The Bertz CT molecular complexity index is 943. The van der Waals surface area contributed by atoms with E-state index in [0.717, 1.165) is 38.5 Å². The van der Waals surface area contributed by atoms with Gasteiger partial charge in [0.05, 0.1) is 12.2 Å². The van der Waals surface area contributed by atoms with Crippen LogP contribution >= 0.6 is 0 Å². The van der Waals surface area contributed by atoms with Crippen LogP contribution in [0.4, 0.5) is 0 Å². The molecule has 2 aromatic rings. The standard InChI is InChI=1S/C30H40O4Si/c1-23-22-25(33-28(23)19-17-24-18-20-29(31)34-24)12-11-21-32-35(30(2,3)4,26-13-7-5-8-14-26)27-15-9-6-10-16-27/h5-10,13-16,24-25,28H,1,11-12,17-22H2,2-4H3/t24?,25-,28?/m0/s1. The fraction of sp³-hybridized carbons (Fsp3) is 0.500. The molecule has 188 valence electrons. The Labute approximate surface area is 211 Å². The highest BCUT2D eigenvalue weighted by Crippen LogP contribution is 2.37. The van der Waals surface area contributed by atoms with Crippen LogP contribution in [0.1, 0.15) is 65.7 Å². The Morgan fingerprint density at radius 1 is 0.943 bits per heavy atom. The maximum Gasteiger partial charge on any atom is 0.306 e. The lowest BCUT2D eigenvalue weighted by Crippen LogP contribution is -2.66. The van der Waals surface area contributed by atoms with Crippen LogP contribution in [0.15, 0.2) is 72.8 Å². The normalized spacial score (nSPS) is 23.0. The van der Waals surface area contributed by atoms with Gasteiger partial charge >= 0.3 is 5.97 Å². The number of hydrogen-bond acceptors (Lipinski definition) is 4. The van der Waals surface area contributed by atoms with Crippen LogP contribution in [0.2, 0.25) is 5.04 Å². The Kier molecular flexibility index (Phi) is 8.30. The van der Waals surface area contributed by atoms with Gasteiger partial charge in [-0.15, -0.1) is 0 Å². The zero-order chi connectivity index (χ0) is 24.9. The van der Waals surface area contributed by atoms with Crippen molar-refractivity contribution in [3.63, 3.8) is 0 Å². The van der Waals surface area contributed by atoms with Crippen molar-refractivity contribution in [2.45, 2.75) is 89.1 Å². The monoisotopic (exact) mass is 492 g/mol. The maximum atomic E-state index is 11.3. The molecule has 5 heteroatoms. The summed E-state index contributed by atoms with van der Waals surface area (Å²) in [5.41, 5.74) is 1.17. The van der Waals surface area contributed by atoms with E-state index >= 15 is 0 Å². The van der Waals surface area contributed by atoms with Gasteiger partial charge in [-0.3, -0.25) is 4.79 Å². The Morgan fingerprint density at radius 3 is 2.11 bits per heavy atom.